The molecule has 0 aromatic heterocycles. The summed E-state index contributed by atoms with van der Waals surface area (Å²) in [6.07, 6.45) is 0. The number of nitrogens with zero attached hydrogens (tertiary/aromatic N) is 2. The van der Waals surface area contributed by atoms with Gasteiger partial charge >= 0.3 is 0 Å². The summed E-state index contributed by atoms with van der Waals surface area (Å²) in [4.78, 5) is 16.7. The van der Waals surface area contributed by atoms with Crippen molar-refractivity contribution in [2.75, 3.05) is 46.4 Å². The summed E-state index contributed by atoms with van der Waals surface area (Å²) in [5, 5.41) is 0. The summed E-state index contributed by atoms with van der Waals surface area (Å²) in [6, 6.07) is 17.1. The van der Waals surface area contributed by atoms with E-state index in [2.05, 4.69) is 4.90 Å². The molecule has 5 nitrogen and oxygen atoms in total. The fourth-order valence-electron chi connectivity index (χ4n) is 2.90. The largest absolute Gasteiger partial charge is 0.497 e. The molecule has 0 radical (unpaired) electrons. The number of benzene rings is 2. The lowest BCUT2D eigenvalue weighted by atomic mass is 10.2. The topological polar surface area (TPSA) is 42.0 Å². The monoisotopic (exact) mass is 340 g/mol. The number of carbonyl (C=O) groups is 1. The van der Waals surface area contributed by atoms with Crippen LogP contribution in [0.25, 0.3) is 0 Å². The minimum atomic E-state index is 0.120. The van der Waals surface area contributed by atoms with E-state index in [-0.39, 0.29) is 5.91 Å². The van der Waals surface area contributed by atoms with Crippen molar-refractivity contribution in [2.24, 2.45) is 0 Å². The Balaban J connectivity index is 1.39. The summed E-state index contributed by atoms with van der Waals surface area (Å²) in [6.45, 7) is 4.78. The van der Waals surface area contributed by atoms with E-state index in [1.54, 1.807) is 7.11 Å². The summed E-state index contributed by atoms with van der Waals surface area (Å²) >= 11 is 0. The van der Waals surface area contributed by atoms with Crippen LogP contribution in [0.5, 0.6) is 11.5 Å². The molecular weight excluding hydrogens is 316 g/mol. The Bertz CT molecular complexity index is 665. The van der Waals surface area contributed by atoms with Gasteiger partial charge in [-0.1, -0.05) is 18.2 Å². The third kappa shape index (κ3) is 4.73. The lowest BCUT2D eigenvalue weighted by Gasteiger charge is -2.34. The number of methoxy groups -OCH3 is 1. The second-order valence-electron chi connectivity index (χ2n) is 6.02. The average Bonchev–Trinajstić information content (AvgIpc) is 2.69. The number of piperazine rings is 1. The molecule has 2 aromatic carbocycles. The van der Waals surface area contributed by atoms with Crippen LogP contribution in [0.15, 0.2) is 54.6 Å². The van der Waals surface area contributed by atoms with E-state index in [1.807, 2.05) is 59.5 Å². The van der Waals surface area contributed by atoms with Crippen molar-refractivity contribution in [2.45, 2.75) is 0 Å². The maximum Gasteiger partial charge on any atom is 0.253 e. The van der Waals surface area contributed by atoms with Crippen LogP contribution in [0.1, 0.15) is 10.4 Å². The van der Waals surface area contributed by atoms with E-state index < -0.39 is 0 Å². The van der Waals surface area contributed by atoms with Gasteiger partial charge in [0.25, 0.3) is 5.91 Å². The third-order valence-electron chi connectivity index (χ3n) is 4.42. The second kappa shape index (κ2) is 8.53. The molecule has 132 valence electrons. The van der Waals surface area contributed by atoms with Crippen molar-refractivity contribution >= 4 is 5.91 Å². The van der Waals surface area contributed by atoms with Gasteiger partial charge < -0.3 is 14.4 Å². The lowest BCUT2D eigenvalue weighted by molar-refractivity contribution is 0.0620. The van der Waals surface area contributed by atoms with Gasteiger partial charge in [0.05, 0.1) is 7.11 Å². The zero-order chi connectivity index (χ0) is 17.5. The molecule has 0 N–H and O–H groups in total. The van der Waals surface area contributed by atoms with Crippen molar-refractivity contribution in [3.05, 3.63) is 60.2 Å². The first-order chi connectivity index (χ1) is 12.3. The highest BCUT2D eigenvalue weighted by atomic mass is 16.5. The number of carbonyl (C=O) groups excluding carboxylic acids is 1. The molecule has 0 aliphatic carbocycles. The van der Waals surface area contributed by atoms with E-state index in [0.717, 1.165) is 49.8 Å². The SMILES string of the molecule is COc1ccc(OCCN2CCN(C(=O)c3ccccc3)CC2)cc1. The maximum absolute atomic E-state index is 12.4. The predicted octanol–water partition coefficient (Wildman–Crippen LogP) is 2.53. The van der Waals surface area contributed by atoms with Gasteiger partial charge in [-0.05, 0) is 36.4 Å². The van der Waals surface area contributed by atoms with Gasteiger partial charge in [-0.3, -0.25) is 9.69 Å². The van der Waals surface area contributed by atoms with E-state index in [9.17, 15) is 4.79 Å². The molecular formula is C20H24N2O3. The van der Waals surface area contributed by atoms with Crippen LogP contribution in [0.3, 0.4) is 0 Å². The maximum atomic E-state index is 12.4. The minimum absolute atomic E-state index is 0.120. The van der Waals surface area contributed by atoms with Crippen molar-refractivity contribution in [1.82, 2.24) is 9.80 Å². The number of hydrogen-bond acceptors (Lipinski definition) is 4. The van der Waals surface area contributed by atoms with Crippen LogP contribution < -0.4 is 9.47 Å². The molecule has 25 heavy (non-hydrogen) atoms. The van der Waals surface area contributed by atoms with Crippen molar-refractivity contribution in [3.63, 3.8) is 0 Å². The Morgan fingerprint density at radius 3 is 2.20 bits per heavy atom. The summed E-state index contributed by atoms with van der Waals surface area (Å²) in [5.41, 5.74) is 0.763. The summed E-state index contributed by atoms with van der Waals surface area (Å²) in [7, 11) is 1.65. The first kappa shape index (κ1) is 17.3. The van der Waals surface area contributed by atoms with E-state index >= 15 is 0 Å². The first-order valence-electron chi connectivity index (χ1n) is 8.60. The molecule has 0 atom stereocenters. The van der Waals surface area contributed by atoms with Crippen LogP contribution in [-0.2, 0) is 0 Å². The zero-order valence-electron chi connectivity index (χ0n) is 14.6. The predicted molar refractivity (Wildman–Crippen MR) is 97.3 cm³/mol. The molecule has 0 unspecified atom stereocenters. The molecule has 1 heterocycles. The smallest absolute Gasteiger partial charge is 0.253 e. The van der Waals surface area contributed by atoms with Crippen molar-refractivity contribution in [3.8, 4) is 11.5 Å². The normalized spacial score (nSPS) is 15.0. The van der Waals surface area contributed by atoms with Crippen LogP contribution in [0, 0.1) is 0 Å². The quantitative estimate of drug-likeness (QED) is 0.810. The highest BCUT2D eigenvalue weighted by molar-refractivity contribution is 5.94. The van der Waals surface area contributed by atoms with Gasteiger partial charge in [0.1, 0.15) is 18.1 Å². The summed E-state index contributed by atoms with van der Waals surface area (Å²) in [5.74, 6) is 1.79. The van der Waals surface area contributed by atoms with Gasteiger partial charge in [-0.15, -0.1) is 0 Å². The first-order valence-corrected chi connectivity index (χ1v) is 8.60. The number of ether oxygens (including phenoxy) is 2. The fourth-order valence-corrected chi connectivity index (χ4v) is 2.90. The van der Waals surface area contributed by atoms with Crippen LogP contribution in [0.4, 0.5) is 0 Å². The Morgan fingerprint density at radius 2 is 1.56 bits per heavy atom. The number of hydrogen-bond donors (Lipinski definition) is 0. The van der Waals surface area contributed by atoms with Gasteiger partial charge in [0.2, 0.25) is 0 Å². The van der Waals surface area contributed by atoms with Gasteiger partial charge in [0.15, 0.2) is 0 Å². The van der Waals surface area contributed by atoms with Crippen molar-refractivity contribution < 1.29 is 14.3 Å². The number of rotatable bonds is 6. The molecule has 3 rings (SSSR count). The van der Waals surface area contributed by atoms with Crippen LogP contribution >= 0.6 is 0 Å². The molecule has 1 aliphatic heterocycles. The van der Waals surface area contributed by atoms with Gasteiger partial charge in [-0.2, -0.15) is 0 Å². The number of amides is 1. The minimum Gasteiger partial charge on any atom is -0.497 e. The zero-order valence-corrected chi connectivity index (χ0v) is 14.6. The molecule has 1 fully saturated rings. The molecule has 0 saturated carbocycles. The fraction of sp³-hybridized carbons (Fsp3) is 0.350. The van der Waals surface area contributed by atoms with Crippen molar-refractivity contribution in [1.29, 1.82) is 0 Å². The Hall–Kier alpha value is -2.53. The third-order valence-corrected chi connectivity index (χ3v) is 4.42. The van der Waals surface area contributed by atoms with Crippen LogP contribution in [-0.4, -0.2) is 62.1 Å². The van der Waals surface area contributed by atoms with E-state index in [1.165, 1.54) is 0 Å². The molecule has 0 spiro atoms. The molecule has 1 aliphatic rings. The van der Waals surface area contributed by atoms with Gasteiger partial charge in [0, 0.05) is 38.3 Å². The molecule has 1 amide bonds. The van der Waals surface area contributed by atoms with Gasteiger partial charge in [-0.25, -0.2) is 0 Å². The lowest BCUT2D eigenvalue weighted by Crippen LogP contribution is -2.49. The Kier molecular flexibility index (Phi) is 5.90. The van der Waals surface area contributed by atoms with Crippen LogP contribution in [0.2, 0.25) is 0 Å². The highest BCUT2D eigenvalue weighted by Gasteiger charge is 2.21. The van der Waals surface area contributed by atoms with E-state index in [4.69, 9.17) is 9.47 Å². The highest BCUT2D eigenvalue weighted by Crippen LogP contribution is 2.17. The summed E-state index contributed by atoms with van der Waals surface area (Å²) < 4.78 is 10.9. The Labute approximate surface area is 148 Å². The molecule has 1 saturated heterocycles. The standard InChI is InChI=1S/C20H24N2O3/c1-24-18-7-9-19(10-8-18)25-16-15-21-11-13-22(14-12-21)20(23)17-5-3-2-4-6-17/h2-10H,11-16H2,1H3. The average molecular weight is 340 g/mol. The Morgan fingerprint density at radius 1 is 0.920 bits per heavy atom. The molecule has 5 heteroatoms. The molecule has 0 bridgehead atoms. The second-order valence-corrected chi connectivity index (χ2v) is 6.02. The molecule has 2 aromatic rings. The van der Waals surface area contributed by atoms with E-state index in [0.29, 0.717) is 6.61 Å².